The van der Waals surface area contributed by atoms with Crippen LogP contribution in [0.15, 0.2) is 48.9 Å². The zero-order valence-electron chi connectivity index (χ0n) is 19.0. The third-order valence-corrected chi connectivity index (χ3v) is 5.86. The molecule has 0 bridgehead atoms. The first kappa shape index (κ1) is 20.9. The van der Waals surface area contributed by atoms with Gasteiger partial charge in [0.25, 0.3) is 0 Å². The van der Waals surface area contributed by atoms with Gasteiger partial charge in [0.1, 0.15) is 17.3 Å². The average Bonchev–Trinajstić information content (AvgIpc) is 3.48. The molecule has 1 aliphatic rings. The van der Waals surface area contributed by atoms with E-state index >= 15 is 0 Å². The minimum atomic E-state index is 0.232. The summed E-state index contributed by atoms with van der Waals surface area (Å²) in [5.41, 5.74) is 3.78. The molecule has 4 aromatic rings. The van der Waals surface area contributed by atoms with Crippen LogP contribution in [0.3, 0.4) is 0 Å². The molecule has 0 saturated carbocycles. The van der Waals surface area contributed by atoms with Gasteiger partial charge in [-0.05, 0) is 61.7 Å². The lowest BCUT2D eigenvalue weighted by Crippen LogP contribution is -2.17. The van der Waals surface area contributed by atoms with E-state index in [1.54, 1.807) is 20.5 Å². The van der Waals surface area contributed by atoms with Crippen LogP contribution in [-0.4, -0.2) is 43.5 Å². The molecular weight excluding hydrogens is 416 g/mol. The summed E-state index contributed by atoms with van der Waals surface area (Å²) >= 11 is 0. The van der Waals surface area contributed by atoms with Gasteiger partial charge >= 0.3 is 0 Å². The van der Waals surface area contributed by atoms with E-state index in [4.69, 9.17) is 19.6 Å². The number of aromatic nitrogens is 6. The van der Waals surface area contributed by atoms with Crippen molar-refractivity contribution in [2.24, 2.45) is 0 Å². The van der Waals surface area contributed by atoms with E-state index in [2.05, 4.69) is 22.1 Å². The molecule has 8 nitrogen and oxygen atoms in total. The summed E-state index contributed by atoms with van der Waals surface area (Å²) in [5, 5.41) is 4.71. The summed E-state index contributed by atoms with van der Waals surface area (Å²) in [7, 11) is 3.30. The van der Waals surface area contributed by atoms with Crippen LogP contribution in [0.25, 0.3) is 17.8 Å². The number of benzene rings is 1. The van der Waals surface area contributed by atoms with Crippen molar-refractivity contribution >= 4 is 12.2 Å². The molecule has 0 saturated heterocycles. The summed E-state index contributed by atoms with van der Waals surface area (Å²) in [6, 6.07) is 12.1. The molecule has 1 aromatic carbocycles. The van der Waals surface area contributed by atoms with E-state index in [1.807, 2.05) is 58.8 Å². The van der Waals surface area contributed by atoms with Crippen LogP contribution >= 0.6 is 0 Å². The van der Waals surface area contributed by atoms with Gasteiger partial charge in [-0.1, -0.05) is 12.1 Å². The van der Waals surface area contributed by atoms with Crippen molar-refractivity contribution in [3.8, 4) is 17.3 Å². The van der Waals surface area contributed by atoms with Gasteiger partial charge in [-0.3, -0.25) is 0 Å². The largest absolute Gasteiger partial charge is 0.497 e. The Morgan fingerprint density at radius 2 is 1.85 bits per heavy atom. The second kappa shape index (κ2) is 8.90. The van der Waals surface area contributed by atoms with Gasteiger partial charge in [-0.15, -0.1) is 0 Å². The van der Waals surface area contributed by atoms with E-state index in [1.165, 1.54) is 5.56 Å². The molecule has 1 atom stereocenters. The topological polar surface area (TPSA) is 79.9 Å². The van der Waals surface area contributed by atoms with Gasteiger partial charge in [-0.2, -0.15) is 5.10 Å². The Bertz CT molecular complexity index is 1290. The lowest BCUT2D eigenvalue weighted by molar-refractivity contribution is 0.395. The van der Waals surface area contributed by atoms with Crippen LogP contribution < -0.4 is 9.47 Å². The highest BCUT2D eigenvalue weighted by atomic mass is 16.5. The highest BCUT2D eigenvalue weighted by Crippen LogP contribution is 2.33. The van der Waals surface area contributed by atoms with Crippen molar-refractivity contribution in [2.75, 3.05) is 14.2 Å². The fraction of sp³-hybridized carbons (Fsp3) is 0.280. The fourth-order valence-electron chi connectivity index (χ4n) is 4.19. The first-order valence-corrected chi connectivity index (χ1v) is 11.0. The number of hydrogen-bond acceptors (Lipinski definition) is 6. The molecule has 0 amide bonds. The predicted molar refractivity (Wildman–Crippen MR) is 126 cm³/mol. The van der Waals surface area contributed by atoms with Gasteiger partial charge in [0.05, 0.1) is 31.9 Å². The van der Waals surface area contributed by atoms with Gasteiger partial charge < -0.3 is 14.0 Å². The monoisotopic (exact) mass is 442 g/mol. The van der Waals surface area contributed by atoms with E-state index in [0.717, 1.165) is 48.0 Å². The lowest BCUT2D eigenvalue weighted by atomic mass is 9.91. The zero-order chi connectivity index (χ0) is 22.8. The molecule has 1 aliphatic heterocycles. The molecule has 0 N–H and O–H groups in total. The molecule has 0 unspecified atom stereocenters. The van der Waals surface area contributed by atoms with Crippen LogP contribution in [0.4, 0.5) is 0 Å². The number of nitrogens with zero attached hydrogens (tertiary/aromatic N) is 6. The molecule has 33 heavy (non-hydrogen) atoms. The van der Waals surface area contributed by atoms with E-state index < -0.39 is 0 Å². The summed E-state index contributed by atoms with van der Waals surface area (Å²) in [5.74, 6) is 3.31. The number of imidazole rings is 1. The minimum Gasteiger partial charge on any atom is -0.497 e. The Morgan fingerprint density at radius 1 is 1.00 bits per heavy atom. The van der Waals surface area contributed by atoms with Gasteiger partial charge in [0, 0.05) is 18.7 Å². The standard InChI is InChI=1S/C25H26N6O2/c1-17-15-30(16-26-17)22-12-8-19(27-25(22)33-3)9-13-23-28-24-21(5-4-14-31(24)29-23)18-6-10-20(32-2)11-7-18/h6-13,15-16,21H,4-5,14H2,1-3H3/b13-9+/t21-/m0/s1. The summed E-state index contributed by atoms with van der Waals surface area (Å²) in [6.07, 6.45) is 9.64. The van der Waals surface area contributed by atoms with E-state index in [9.17, 15) is 0 Å². The van der Waals surface area contributed by atoms with Gasteiger partial charge in [-0.25, -0.2) is 19.6 Å². The molecule has 3 aromatic heterocycles. The quantitative estimate of drug-likeness (QED) is 0.443. The van der Waals surface area contributed by atoms with Crippen molar-refractivity contribution in [1.29, 1.82) is 0 Å². The Labute approximate surface area is 192 Å². The number of aryl methyl sites for hydroxylation is 2. The number of methoxy groups -OCH3 is 2. The van der Waals surface area contributed by atoms with Crippen LogP contribution in [0.2, 0.25) is 0 Å². The van der Waals surface area contributed by atoms with Crippen LogP contribution in [-0.2, 0) is 6.54 Å². The average molecular weight is 443 g/mol. The Morgan fingerprint density at radius 3 is 2.58 bits per heavy atom. The summed E-state index contributed by atoms with van der Waals surface area (Å²) < 4.78 is 14.7. The van der Waals surface area contributed by atoms with Crippen LogP contribution in [0.1, 0.15) is 47.4 Å². The smallest absolute Gasteiger partial charge is 0.238 e. The first-order valence-electron chi connectivity index (χ1n) is 11.0. The van der Waals surface area contributed by atoms with E-state index in [0.29, 0.717) is 11.7 Å². The van der Waals surface area contributed by atoms with Gasteiger partial charge in [0.15, 0.2) is 5.82 Å². The van der Waals surface area contributed by atoms with Gasteiger partial charge in [0.2, 0.25) is 5.88 Å². The predicted octanol–water partition coefficient (Wildman–Crippen LogP) is 4.28. The van der Waals surface area contributed by atoms with Crippen LogP contribution in [0.5, 0.6) is 11.6 Å². The zero-order valence-corrected chi connectivity index (χ0v) is 19.0. The number of hydrogen-bond donors (Lipinski definition) is 0. The van der Waals surface area contributed by atoms with E-state index in [-0.39, 0.29) is 5.92 Å². The lowest BCUT2D eigenvalue weighted by Gasteiger charge is -2.22. The number of pyridine rings is 1. The fourth-order valence-corrected chi connectivity index (χ4v) is 4.19. The molecule has 5 rings (SSSR count). The molecule has 0 fully saturated rings. The molecule has 168 valence electrons. The second-order valence-corrected chi connectivity index (χ2v) is 8.04. The van der Waals surface area contributed by atoms with Crippen molar-refractivity contribution in [2.45, 2.75) is 32.2 Å². The summed E-state index contributed by atoms with van der Waals surface area (Å²) in [6.45, 7) is 2.83. The summed E-state index contributed by atoms with van der Waals surface area (Å²) in [4.78, 5) is 13.7. The number of ether oxygens (including phenoxy) is 2. The molecular formula is C25H26N6O2. The normalized spacial score (nSPS) is 15.5. The molecule has 4 heterocycles. The molecule has 8 heteroatoms. The maximum absolute atomic E-state index is 5.51. The van der Waals surface area contributed by atoms with Crippen molar-refractivity contribution in [3.05, 3.63) is 77.5 Å². The molecule has 0 radical (unpaired) electrons. The van der Waals surface area contributed by atoms with Crippen molar-refractivity contribution in [1.82, 2.24) is 29.3 Å². The highest BCUT2D eigenvalue weighted by Gasteiger charge is 2.25. The Kier molecular flexibility index (Phi) is 5.64. The van der Waals surface area contributed by atoms with Crippen molar-refractivity contribution in [3.63, 3.8) is 0 Å². The molecule has 0 spiro atoms. The Hall–Kier alpha value is -3.94. The highest BCUT2D eigenvalue weighted by molar-refractivity contribution is 5.65. The Balaban J connectivity index is 1.39. The maximum Gasteiger partial charge on any atom is 0.238 e. The first-order chi connectivity index (χ1) is 16.1. The van der Waals surface area contributed by atoms with Crippen LogP contribution in [0, 0.1) is 6.92 Å². The third kappa shape index (κ3) is 4.24. The molecule has 0 aliphatic carbocycles. The SMILES string of the molecule is COc1ccc([C@@H]2CCCn3nc(/C=C/c4ccc(-n5cnc(C)c5)c(OC)n4)nc32)cc1. The maximum atomic E-state index is 5.51. The number of rotatable bonds is 6. The minimum absolute atomic E-state index is 0.232. The van der Waals surface area contributed by atoms with Crippen molar-refractivity contribution < 1.29 is 9.47 Å². The second-order valence-electron chi connectivity index (χ2n) is 8.04. The number of fused-ring (bicyclic) bond motifs is 1. The third-order valence-electron chi connectivity index (χ3n) is 5.86.